The quantitative estimate of drug-likeness (QED) is 0.447. The monoisotopic (exact) mass is 423 g/mol. The van der Waals surface area contributed by atoms with Gasteiger partial charge in [0.2, 0.25) is 0 Å². The number of ether oxygens (including phenoxy) is 2. The molecule has 3 aromatic heterocycles. The van der Waals surface area contributed by atoms with Gasteiger partial charge in [0.15, 0.2) is 11.5 Å². The lowest BCUT2D eigenvalue weighted by Crippen LogP contribution is -2.12. The fraction of sp³-hybridized carbons (Fsp3) is 0.0952. The number of carbonyl (C=O) groups is 1. The molecule has 146 valence electrons. The highest BCUT2D eigenvalue weighted by Gasteiger charge is 2.14. The molecule has 0 saturated carbocycles. The third kappa shape index (κ3) is 4.61. The number of carbonyl (C=O) groups excluding carboxylic acids is 1. The Kier molecular flexibility index (Phi) is 5.83. The van der Waals surface area contributed by atoms with E-state index in [1.807, 2.05) is 29.6 Å². The highest BCUT2D eigenvalue weighted by molar-refractivity contribution is 7.20. The van der Waals surface area contributed by atoms with Crippen LogP contribution >= 0.6 is 22.7 Å². The Hall–Kier alpha value is -3.23. The van der Waals surface area contributed by atoms with Crippen molar-refractivity contribution in [1.29, 1.82) is 0 Å². The van der Waals surface area contributed by atoms with Gasteiger partial charge < -0.3 is 14.8 Å². The van der Waals surface area contributed by atoms with Crippen molar-refractivity contribution in [3.63, 3.8) is 0 Å². The van der Waals surface area contributed by atoms with Crippen LogP contribution in [0.4, 0.5) is 5.69 Å². The van der Waals surface area contributed by atoms with Gasteiger partial charge in [-0.15, -0.1) is 22.7 Å². The zero-order valence-electron chi connectivity index (χ0n) is 15.5. The second-order valence-corrected chi connectivity index (χ2v) is 7.79. The number of nitrogens with one attached hydrogen (secondary N) is 1. The third-order valence-corrected chi connectivity index (χ3v) is 5.89. The first-order valence-electron chi connectivity index (χ1n) is 8.73. The van der Waals surface area contributed by atoms with Crippen LogP contribution in [0.3, 0.4) is 0 Å². The number of aromatic nitrogens is 2. The van der Waals surface area contributed by atoms with Crippen molar-refractivity contribution in [3.8, 4) is 21.4 Å². The summed E-state index contributed by atoms with van der Waals surface area (Å²) in [5.41, 5.74) is 1.92. The van der Waals surface area contributed by atoms with Crippen LogP contribution in [0.25, 0.3) is 9.88 Å². The summed E-state index contributed by atoms with van der Waals surface area (Å²) in [6.07, 6.45) is 3.45. The minimum Gasteiger partial charge on any atom is -0.493 e. The number of nitrogens with zero attached hydrogens (tertiary/aromatic N) is 2. The Morgan fingerprint density at radius 1 is 1.14 bits per heavy atom. The largest absolute Gasteiger partial charge is 0.493 e. The Morgan fingerprint density at radius 3 is 2.83 bits per heavy atom. The SMILES string of the molecule is COc1ccc(NC(=O)c2csc(-c3cccs3)n2)cc1OCc1cccnc1. The maximum atomic E-state index is 12.6. The van der Waals surface area contributed by atoms with Gasteiger partial charge in [0.1, 0.15) is 17.3 Å². The van der Waals surface area contributed by atoms with Crippen molar-refractivity contribution in [3.05, 3.63) is 76.9 Å². The molecule has 1 amide bonds. The van der Waals surface area contributed by atoms with Gasteiger partial charge in [0.05, 0.1) is 12.0 Å². The molecule has 3 heterocycles. The van der Waals surface area contributed by atoms with Crippen molar-refractivity contribution in [2.24, 2.45) is 0 Å². The zero-order chi connectivity index (χ0) is 20.1. The van der Waals surface area contributed by atoms with Crippen LogP contribution in [0, 0.1) is 0 Å². The number of thiazole rings is 1. The Morgan fingerprint density at radius 2 is 2.07 bits per heavy atom. The average molecular weight is 424 g/mol. The first-order chi connectivity index (χ1) is 14.2. The van der Waals surface area contributed by atoms with Gasteiger partial charge in [0.25, 0.3) is 5.91 Å². The van der Waals surface area contributed by atoms with E-state index < -0.39 is 0 Å². The number of benzene rings is 1. The molecule has 4 rings (SSSR count). The van der Waals surface area contributed by atoms with Gasteiger partial charge in [-0.05, 0) is 29.6 Å². The van der Waals surface area contributed by atoms with Crippen LogP contribution in [0.15, 0.2) is 65.6 Å². The molecule has 0 saturated heterocycles. The summed E-state index contributed by atoms with van der Waals surface area (Å²) in [5, 5.41) is 7.45. The number of methoxy groups -OCH3 is 1. The molecule has 0 unspecified atom stereocenters. The molecule has 0 radical (unpaired) electrons. The van der Waals surface area contributed by atoms with Gasteiger partial charge in [0, 0.05) is 35.1 Å². The van der Waals surface area contributed by atoms with Crippen LogP contribution in [0.2, 0.25) is 0 Å². The number of hydrogen-bond acceptors (Lipinski definition) is 7. The fourth-order valence-electron chi connectivity index (χ4n) is 2.60. The summed E-state index contributed by atoms with van der Waals surface area (Å²) >= 11 is 3.05. The van der Waals surface area contributed by atoms with E-state index in [2.05, 4.69) is 15.3 Å². The Bertz CT molecular complexity index is 1100. The topological polar surface area (TPSA) is 73.3 Å². The molecule has 4 aromatic rings. The molecular weight excluding hydrogens is 406 g/mol. The second kappa shape index (κ2) is 8.85. The molecule has 8 heteroatoms. The van der Waals surface area contributed by atoms with Gasteiger partial charge in [-0.2, -0.15) is 0 Å². The molecule has 29 heavy (non-hydrogen) atoms. The average Bonchev–Trinajstić information content (AvgIpc) is 3.45. The Labute approximate surface area is 175 Å². The number of pyridine rings is 1. The van der Waals surface area contributed by atoms with E-state index in [4.69, 9.17) is 9.47 Å². The lowest BCUT2D eigenvalue weighted by Gasteiger charge is -2.12. The fourth-order valence-corrected chi connectivity index (χ4v) is 4.21. The first kappa shape index (κ1) is 19.1. The molecule has 0 aliphatic carbocycles. The summed E-state index contributed by atoms with van der Waals surface area (Å²) in [5.74, 6) is 0.847. The predicted molar refractivity (Wildman–Crippen MR) is 115 cm³/mol. The molecular formula is C21H17N3O3S2. The second-order valence-electron chi connectivity index (χ2n) is 5.98. The van der Waals surface area contributed by atoms with Gasteiger partial charge in [-0.1, -0.05) is 12.1 Å². The van der Waals surface area contributed by atoms with Gasteiger partial charge >= 0.3 is 0 Å². The minimum atomic E-state index is -0.271. The lowest BCUT2D eigenvalue weighted by molar-refractivity contribution is 0.102. The first-order valence-corrected chi connectivity index (χ1v) is 10.5. The molecule has 0 atom stereocenters. The van der Waals surface area contributed by atoms with Gasteiger partial charge in [-0.3, -0.25) is 9.78 Å². The molecule has 0 bridgehead atoms. The smallest absolute Gasteiger partial charge is 0.275 e. The molecule has 1 aromatic carbocycles. The molecule has 0 aliphatic heterocycles. The van der Waals surface area contributed by atoms with Crippen molar-refractivity contribution < 1.29 is 14.3 Å². The predicted octanol–water partition coefficient (Wildman–Crippen LogP) is 5.11. The number of amides is 1. The van der Waals surface area contributed by atoms with Crippen molar-refractivity contribution in [1.82, 2.24) is 9.97 Å². The summed E-state index contributed by atoms with van der Waals surface area (Å²) in [6, 6.07) is 13.0. The maximum absolute atomic E-state index is 12.6. The highest BCUT2D eigenvalue weighted by atomic mass is 32.1. The van der Waals surface area contributed by atoms with Gasteiger partial charge in [-0.25, -0.2) is 4.98 Å². The molecule has 0 fully saturated rings. The highest BCUT2D eigenvalue weighted by Crippen LogP contribution is 2.32. The van der Waals surface area contributed by atoms with E-state index in [9.17, 15) is 4.79 Å². The van der Waals surface area contributed by atoms with Crippen LogP contribution in [-0.4, -0.2) is 23.0 Å². The van der Waals surface area contributed by atoms with Crippen LogP contribution in [-0.2, 0) is 6.61 Å². The Balaban J connectivity index is 1.47. The van der Waals surface area contributed by atoms with E-state index >= 15 is 0 Å². The summed E-state index contributed by atoms with van der Waals surface area (Å²) in [6.45, 7) is 0.345. The number of hydrogen-bond donors (Lipinski definition) is 1. The van der Waals surface area contributed by atoms with Crippen LogP contribution < -0.4 is 14.8 Å². The number of thiophene rings is 1. The lowest BCUT2D eigenvalue weighted by atomic mass is 10.2. The standard InChI is InChI=1S/C21H17N3O3S2/c1-26-17-7-6-15(10-18(17)27-12-14-4-2-8-22-11-14)23-20(25)16-13-29-21(24-16)19-5-3-9-28-19/h2-11,13H,12H2,1H3,(H,23,25). The van der Waals surface area contributed by atoms with Crippen molar-refractivity contribution in [2.45, 2.75) is 6.61 Å². The van der Waals surface area contributed by atoms with E-state index in [1.165, 1.54) is 11.3 Å². The van der Waals surface area contributed by atoms with Crippen molar-refractivity contribution >= 4 is 34.3 Å². The maximum Gasteiger partial charge on any atom is 0.275 e. The summed E-state index contributed by atoms with van der Waals surface area (Å²) < 4.78 is 11.2. The summed E-state index contributed by atoms with van der Waals surface area (Å²) in [7, 11) is 1.58. The third-order valence-electron chi connectivity index (χ3n) is 4.01. The van der Waals surface area contributed by atoms with Crippen LogP contribution in [0.5, 0.6) is 11.5 Å². The van der Waals surface area contributed by atoms with Crippen molar-refractivity contribution in [2.75, 3.05) is 12.4 Å². The number of anilines is 1. The zero-order valence-corrected chi connectivity index (χ0v) is 17.1. The van der Waals surface area contributed by atoms with E-state index in [0.717, 1.165) is 15.4 Å². The molecule has 0 spiro atoms. The summed E-state index contributed by atoms with van der Waals surface area (Å²) in [4.78, 5) is 22.2. The van der Waals surface area contributed by atoms with E-state index in [0.29, 0.717) is 29.5 Å². The molecule has 6 nitrogen and oxygen atoms in total. The van der Waals surface area contributed by atoms with E-state index in [1.54, 1.807) is 54.4 Å². The van der Waals surface area contributed by atoms with E-state index in [-0.39, 0.29) is 5.91 Å². The van der Waals surface area contributed by atoms with Crippen LogP contribution in [0.1, 0.15) is 16.1 Å². The minimum absolute atomic E-state index is 0.271. The molecule has 0 aliphatic rings. The number of rotatable bonds is 7. The molecule has 1 N–H and O–H groups in total. The normalized spacial score (nSPS) is 10.5.